The van der Waals surface area contributed by atoms with E-state index >= 15 is 0 Å². The van der Waals surface area contributed by atoms with Gasteiger partial charge in [0.1, 0.15) is 0 Å². The number of carbonyl (C=O) groups excluding carboxylic acids is 3. The van der Waals surface area contributed by atoms with E-state index in [-0.39, 0.29) is 17.8 Å². The first-order chi connectivity index (χ1) is 17.4. The minimum atomic E-state index is -0.316. The molecule has 2 amide bonds. The van der Waals surface area contributed by atoms with E-state index in [2.05, 4.69) is 4.57 Å². The summed E-state index contributed by atoms with van der Waals surface area (Å²) in [5.41, 5.74) is 4.90. The van der Waals surface area contributed by atoms with E-state index in [4.69, 9.17) is 4.74 Å². The molecule has 1 atom stereocenters. The normalized spacial score (nSPS) is 17.7. The van der Waals surface area contributed by atoms with Gasteiger partial charge in [0, 0.05) is 60.3 Å². The van der Waals surface area contributed by atoms with Crippen LogP contribution < -0.4 is 4.90 Å². The number of benzene rings is 2. The molecule has 1 unspecified atom stereocenters. The number of aromatic nitrogens is 2. The van der Waals surface area contributed by atoms with Gasteiger partial charge in [0.25, 0.3) is 11.8 Å². The molecule has 4 aromatic rings. The molecule has 0 aliphatic carbocycles. The fourth-order valence-corrected chi connectivity index (χ4v) is 5.78. The van der Waals surface area contributed by atoms with Gasteiger partial charge in [-0.05, 0) is 37.3 Å². The van der Waals surface area contributed by atoms with Crippen LogP contribution in [0.1, 0.15) is 31.0 Å². The van der Waals surface area contributed by atoms with Crippen molar-refractivity contribution in [3.05, 3.63) is 72.1 Å². The molecule has 0 bridgehead atoms. The summed E-state index contributed by atoms with van der Waals surface area (Å²) in [5, 5.41) is 1.85. The largest absolute Gasteiger partial charge is 0.466 e. The van der Waals surface area contributed by atoms with Crippen LogP contribution in [-0.4, -0.2) is 33.5 Å². The lowest BCUT2D eigenvalue weighted by Crippen LogP contribution is -2.32. The van der Waals surface area contributed by atoms with Gasteiger partial charge in [-0.3, -0.25) is 14.4 Å². The van der Waals surface area contributed by atoms with Crippen molar-refractivity contribution in [1.29, 1.82) is 0 Å². The molecule has 2 aromatic carbocycles. The van der Waals surface area contributed by atoms with Crippen LogP contribution in [-0.2, 0) is 39.1 Å². The van der Waals surface area contributed by atoms with Crippen LogP contribution in [0.15, 0.2) is 60.8 Å². The number of carbonyl (C=O) groups is 3. The van der Waals surface area contributed by atoms with E-state index in [1.54, 1.807) is 0 Å². The second-order valence-corrected chi connectivity index (χ2v) is 9.66. The number of ether oxygens (including phenoxy) is 1. The SMILES string of the molecule is CC(=O)OCCC1CCn2c(c(N3C(=O)C=C(c4cn(C)c5ccccc45)C3=O)c3ccccc32)C1. The summed E-state index contributed by atoms with van der Waals surface area (Å²) in [7, 11) is 1.94. The highest BCUT2D eigenvalue weighted by Crippen LogP contribution is 2.42. The first-order valence-corrected chi connectivity index (χ1v) is 12.3. The van der Waals surface area contributed by atoms with E-state index in [9.17, 15) is 14.4 Å². The second kappa shape index (κ2) is 8.52. The third-order valence-corrected chi connectivity index (χ3v) is 7.46. The van der Waals surface area contributed by atoms with Crippen molar-refractivity contribution in [1.82, 2.24) is 9.13 Å². The first kappa shape index (κ1) is 22.3. The van der Waals surface area contributed by atoms with Crippen molar-refractivity contribution in [2.75, 3.05) is 11.5 Å². The molecule has 0 N–H and O–H groups in total. The number of hydrogen-bond acceptors (Lipinski definition) is 4. The van der Waals surface area contributed by atoms with Crippen LogP contribution in [0, 0.1) is 5.92 Å². The van der Waals surface area contributed by atoms with Gasteiger partial charge in [0.2, 0.25) is 0 Å². The molecule has 0 radical (unpaired) electrons. The Morgan fingerprint density at radius 3 is 2.53 bits per heavy atom. The zero-order chi connectivity index (χ0) is 25.0. The van der Waals surface area contributed by atoms with Gasteiger partial charge in [0.05, 0.1) is 23.4 Å². The van der Waals surface area contributed by atoms with Crippen LogP contribution in [0.2, 0.25) is 0 Å². The summed E-state index contributed by atoms with van der Waals surface area (Å²) < 4.78 is 9.40. The Balaban J connectivity index is 1.41. The third kappa shape index (κ3) is 3.46. The van der Waals surface area contributed by atoms with Crippen molar-refractivity contribution in [3.63, 3.8) is 0 Å². The lowest BCUT2D eigenvalue weighted by atomic mass is 9.92. The van der Waals surface area contributed by atoms with Crippen molar-refractivity contribution >= 4 is 50.9 Å². The minimum Gasteiger partial charge on any atom is -0.466 e. The number of anilines is 1. The van der Waals surface area contributed by atoms with Gasteiger partial charge in [-0.1, -0.05) is 36.4 Å². The number of nitrogens with zero attached hydrogens (tertiary/aromatic N) is 3. The number of hydrogen-bond donors (Lipinski definition) is 0. The highest BCUT2D eigenvalue weighted by molar-refractivity contribution is 6.45. The lowest BCUT2D eigenvalue weighted by molar-refractivity contribution is -0.141. The Morgan fingerprint density at radius 2 is 1.75 bits per heavy atom. The standard InChI is InChI=1S/C29H27N3O4/c1-18(33)36-14-12-19-11-13-31-25-10-6-4-8-21(25)28(26(31)15-19)32-27(34)16-22(29(32)35)23-17-30(2)24-9-5-3-7-20(23)24/h3-10,16-17,19H,11-15H2,1-2H3. The van der Waals surface area contributed by atoms with Crippen molar-refractivity contribution in [2.45, 2.75) is 32.7 Å². The minimum absolute atomic E-state index is 0.277. The summed E-state index contributed by atoms with van der Waals surface area (Å²) in [6.07, 6.45) is 5.81. The van der Waals surface area contributed by atoms with Crippen molar-refractivity contribution in [2.24, 2.45) is 13.0 Å². The monoisotopic (exact) mass is 481 g/mol. The first-order valence-electron chi connectivity index (χ1n) is 12.3. The zero-order valence-corrected chi connectivity index (χ0v) is 20.4. The van der Waals surface area contributed by atoms with Crippen LogP contribution in [0.25, 0.3) is 27.4 Å². The van der Waals surface area contributed by atoms with Gasteiger partial charge in [-0.2, -0.15) is 0 Å². The summed E-state index contributed by atoms with van der Waals surface area (Å²) in [4.78, 5) is 39.9. The number of imide groups is 1. The predicted octanol–water partition coefficient (Wildman–Crippen LogP) is 4.61. The van der Waals surface area contributed by atoms with E-state index in [0.29, 0.717) is 30.2 Å². The van der Waals surface area contributed by atoms with E-state index in [1.807, 2.05) is 66.3 Å². The molecule has 6 rings (SSSR count). The van der Waals surface area contributed by atoms with Gasteiger partial charge >= 0.3 is 5.97 Å². The maximum absolute atomic E-state index is 13.9. The number of esters is 1. The second-order valence-electron chi connectivity index (χ2n) is 9.66. The van der Waals surface area contributed by atoms with E-state index in [0.717, 1.165) is 52.4 Å². The maximum atomic E-state index is 13.9. The molecule has 2 aliphatic heterocycles. The molecule has 7 nitrogen and oxygen atoms in total. The average Bonchev–Trinajstić information content (AvgIpc) is 3.47. The molecule has 7 heteroatoms. The Kier molecular flexibility index (Phi) is 5.29. The Labute approximate surface area is 208 Å². The summed E-state index contributed by atoms with van der Waals surface area (Å²) in [6.45, 7) is 2.59. The zero-order valence-electron chi connectivity index (χ0n) is 20.4. The molecule has 182 valence electrons. The lowest BCUT2D eigenvalue weighted by Gasteiger charge is -2.27. The maximum Gasteiger partial charge on any atom is 0.302 e. The van der Waals surface area contributed by atoms with Crippen LogP contribution in [0.4, 0.5) is 5.69 Å². The van der Waals surface area contributed by atoms with Gasteiger partial charge in [0.15, 0.2) is 0 Å². The molecule has 0 saturated heterocycles. The van der Waals surface area contributed by atoms with E-state index < -0.39 is 0 Å². The smallest absolute Gasteiger partial charge is 0.302 e. The van der Waals surface area contributed by atoms with Crippen molar-refractivity contribution in [3.8, 4) is 0 Å². The molecular weight excluding hydrogens is 454 g/mol. The highest BCUT2D eigenvalue weighted by Gasteiger charge is 2.39. The summed E-state index contributed by atoms with van der Waals surface area (Å²) in [5.74, 6) is -0.583. The Hall–Kier alpha value is -4.13. The number of rotatable bonds is 5. The number of aryl methyl sites for hydroxylation is 2. The highest BCUT2D eigenvalue weighted by atomic mass is 16.5. The number of amides is 2. The van der Waals surface area contributed by atoms with Crippen LogP contribution in [0.5, 0.6) is 0 Å². The van der Waals surface area contributed by atoms with Gasteiger partial charge in [-0.25, -0.2) is 4.90 Å². The topological polar surface area (TPSA) is 73.5 Å². The summed E-state index contributed by atoms with van der Waals surface area (Å²) >= 11 is 0. The summed E-state index contributed by atoms with van der Waals surface area (Å²) in [6, 6.07) is 15.9. The molecule has 0 spiro atoms. The predicted molar refractivity (Wildman–Crippen MR) is 138 cm³/mol. The van der Waals surface area contributed by atoms with Gasteiger partial charge < -0.3 is 13.9 Å². The molecule has 0 fully saturated rings. The number of fused-ring (bicyclic) bond motifs is 4. The Bertz CT molecular complexity index is 1590. The Morgan fingerprint density at radius 1 is 1.03 bits per heavy atom. The van der Waals surface area contributed by atoms with Crippen molar-refractivity contribution < 1.29 is 19.1 Å². The van der Waals surface area contributed by atoms with E-state index in [1.165, 1.54) is 17.9 Å². The molecule has 4 heterocycles. The average molecular weight is 482 g/mol. The van der Waals surface area contributed by atoms with Crippen LogP contribution in [0.3, 0.4) is 0 Å². The molecule has 0 saturated carbocycles. The number of para-hydroxylation sites is 2. The fourth-order valence-electron chi connectivity index (χ4n) is 5.78. The molecule has 2 aliphatic rings. The fraction of sp³-hybridized carbons (Fsp3) is 0.276. The quantitative estimate of drug-likeness (QED) is 0.308. The molecular formula is C29H27N3O4. The molecule has 36 heavy (non-hydrogen) atoms. The third-order valence-electron chi connectivity index (χ3n) is 7.46. The van der Waals surface area contributed by atoms with Gasteiger partial charge in [-0.15, -0.1) is 0 Å². The van der Waals surface area contributed by atoms with Crippen LogP contribution >= 0.6 is 0 Å². The molecule has 2 aromatic heterocycles.